The number of carbonyl (C=O) groups is 1. The van der Waals surface area contributed by atoms with Crippen molar-refractivity contribution in [2.75, 3.05) is 5.75 Å². The Morgan fingerprint density at radius 1 is 1.40 bits per heavy atom. The van der Waals surface area contributed by atoms with Gasteiger partial charge < -0.3 is 10.4 Å². The van der Waals surface area contributed by atoms with E-state index in [0.717, 1.165) is 0 Å². The van der Waals surface area contributed by atoms with Crippen LogP contribution in [-0.4, -0.2) is 33.7 Å². The Kier molecular flexibility index (Phi) is 6.29. The fraction of sp³-hybridized carbons (Fsp3) is 0.909. The molecule has 2 atom stereocenters. The Hall–Kier alpha value is -0.220. The van der Waals surface area contributed by atoms with Gasteiger partial charge in [0.2, 0.25) is 5.91 Å². The van der Waals surface area contributed by atoms with E-state index in [-0.39, 0.29) is 22.8 Å². The van der Waals surface area contributed by atoms with Crippen LogP contribution in [0.15, 0.2) is 0 Å². The molecule has 15 heavy (non-hydrogen) atoms. The summed E-state index contributed by atoms with van der Waals surface area (Å²) in [6, 6.07) is 0.0399. The third-order valence-electron chi connectivity index (χ3n) is 1.74. The van der Waals surface area contributed by atoms with Gasteiger partial charge in [0.25, 0.3) is 0 Å². The number of aliphatic hydroxyl groups is 1. The molecule has 0 rings (SSSR count). The van der Waals surface area contributed by atoms with E-state index in [0.29, 0.717) is 12.2 Å². The molecule has 0 bridgehead atoms. The molecule has 4 heteroatoms. The van der Waals surface area contributed by atoms with Crippen molar-refractivity contribution in [3.63, 3.8) is 0 Å². The molecule has 0 aromatic carbocycles. The number of hydrogen-bond acceptors (Lipinski definition) is 3. The van der Waals surface area contributed by atoms with Crippen LogP contribution < -0.4 is 5.32 Å². The minimum atomic E-state index is -0.365. The molecule has 0 aliphatic carbocycles. The molecule has 2 unspecified atom stereocenters. The van der Waals surface area contributed by atoms with Crippen molar-refractivity contribution in [3.05, 3.63) is 0 Å². The lowest BCUT2D eigenvalue weighted by Gasteiger charge is -2.19. The largest absolute Gasteiger partial charge is 0.393 e. The summed E-state index contributed by atoms with van der Waals surface area (Å²) in [6.07, 6.45) is 0.238. The van der Waals surface area contributed by atoms with E-state index in [1.54, 1.807) is 18.7 Å². The molecule has 0 fully saturated rings. The Morgan fingerprint density at radius 2 is 1.93 bits per heavy atom. The molecule has 0 heterocycles. The summed E-state index contributed by atoms with van der Waals surface area (Å²) in [4.78, 5) is 11.5. The summed E-state index contributed by atoms with van der Waals surface area (Å²) in [5, 5.41) is 12.0. The molecule has 0 saturated carbocycles. The molecular weight excluding hydrogens is 210 g/mol. The number of thioether (sulfide) groups is 1. The van der Waals surface area contributed by atoms with E-state index < -0.39 is 0 Å². The minimum Gasteiger partial charge on any atom is -0.393 e. The van der Waals surface area contributed by atoms with Crippen molar-refractivity contribution in [2.45, 2.75) is 57.9 Å². The van der Waals surface area contributed by atoms with Gasteiger partial charge >= 0.3 is 0 Å². The molecule has 3 nitrogen and oxygen atoms in total. The number of hydrogen-bond donors (Lipinski definition) is 2. The molecule has 0 aliphatic rings. The van der Waals surface area contributed by atoms with E-state index in [4.69, 9.17) is 5.11 Å². The fourth-order valence-electron chi connectivity index (χ4n) is 1.17. The van der Waals surface area contributed by atoms with Gasteiger partial charge in [-0.2, -0.15) is 0 Å². The highest BCUT2D eigenvalue weighted by Crippen LogP contribution is 2.22. The highest BCUT2D eigenvalue weighted by molar-refractivity contribution is 8.01. The second kappa shape index (κ2) is 6.38. The molecule has 0 aromatic rings. The van der Waals surface area contributed by atoms with Crippen LogP contribution in [0.1, 0.15) is 41.0 Å². The molecule has 1 amide bonds. The summed E-state index contributed by atoms with van der Waals surface area (Å²) >= 11 is 1.63. The Labute approximate surface area is 97.0 Å². The van der Waals surface area contributed by atoms with Gasteiger partial charge in [-0.25, -0.2) is 0 Å². The van der Waals surface area contributed by atoms with Gasteiger partial charge in [-0.05, 0) is 20.3 Å². The Balaban J connectivity index is 3.74. The normalized spacial score (nSPS) is 15.9. The molecule has 0 spiro atoms. The van der Waals surface area contributed by atoms with Gasteiger partial charge in [-0.3, -0.25) is 4.79 Å². The van der Waals surface area contributed by atoms with Crippen LogP contribution in [0.3, 0.4) is 0 Å². The van der Waals surface area contributed by atoms with Crippen LogP contribution >= 0.6 is 11.8 Å². The van der Waals surface area contributed by atoms with E-state index in [9.17, 15) is 4.79 Å². The Bertz CT molecular complexity index is 199. The van der Waals surface area contributed by atoms with Crippen LogP contribution in [0, 0.1) is 0 Å². The lowest BCUT2D eigenvalue weighted by Crippen LogP contribution is -2.36. The third-order valence-corrected chi connectivity index (χ3v) is 3.01. The van der Waals surface area contributed by atoms with Crippen LogP contribution in [0.2, 0.25) is 0 Å². The summed E-state index contributed by atoms with van der Waals surface area (Å²) in [6.45, 7) is 9.90. The molecule has 2 N–H and O–H groups in total. The van der Waals surface area contributed by atoms with Crippen molar-refractivity contribution in [3.8, 4) is 0 Å². The highest BCUT2D eigenvalue weighted by Gasteiger charge is 2.15. The molecule has 0 aliphatic heterocycles. The van der Waals surface area contributed by atoms with E-state index in [1.807, 2.05) is 6.92 Å². The van der Waals surface area contributed by atoms with Gasteiger partial charge in [-0.15, -0.1) is 11.8 Å². The number of amides is 1. The summed E-state index contributed by atoms with van der Waals surface area (Å²) in [5.74, 6) is 0.524. The first kappa shape index (κ1) is 14.8. The zero-order valence-electron chi connectivity index (χ0n) is 10.3. The van der Waals surface area contributed by atoms with Crippen molar-refractivity contribution in [1.82, 2.24) is 5.32 Å². The van der Waals surface area contributed by atoms with Crippen molar-refractivity contribution in [1.29, 1.82) is 0 Å². The third kappa shape index (κ3) is 10.1. The maximum atomic E-state index is 11.5. The van der Waals surface area contributed by atoms with Crippen molar-refractivity contribution >= 4 is 17.7 Å². The van der Waals surface area contributed by atoms with Crippen LogP contribution in [0.5, 0.6) is 0 Å². The summed E-state index contributed by atoms with van der Waals surface area (Å²) < 4.78 is 0.116. The van der Waals surface area contributed by atoms with Crippen molar-refractivity contribution in [2.24, 2.45) is 0 Å². The average molecular weight is 233 g/mol. The topological polar surface area (TPSA) is 49.3 Å². The molecule has 0 saturated heterocycles. The first-order valence-electron chi connectivity index (χ1n) is 5.32. The van der Waals surface area contributed by atoms with E-state index in [1.165, 1.54) is 0 Å². The zero-order chi connectivity index (χ0) is 12.1. The highest BCUT2D eigenvalue weighted by atomic mass is 32.2. The lowest BCUT2D eigenvalue weighted by atomic mass is 10.1. The first-order valence-corrected chi connectivity index (χ1v) is 6.30. The molecular formula is C11H23NO2S. The fourth-order valence-corrected chi connectivity index (χ4v) is 1.82. The quantitative estimate of drug-likeness (QED) is 0.761. The van der Waals surface area contributed by atoms with E-state index >= 15 is 0 Å². The predicted molar refractivity (Wildman–Crippen MR) is 66.1 cm³/mol. The Morgan fingerprint density at radius 3 is 2.33 bits per heavy atom. The van der Waals surface area contributed by atoms with Gasteiger partial charge in [0.1, 0.15) is 0 Å². The SMILES string of the molecule is CC(O)CC(C)NC(=O)CSC(C)(C)C. The zero-order valence-corrected chi connectivity index (χ0v) is 11.1. The van der Waals surface area contributed by atoms with Gasteiger partial charge in [-0.1, -0.05) is 20.8 Å². The minimum absolute atomic E-state index is 0.0399. The first-order chi connectivity index (χ1) is 6.70. The monoisotopic (exact) mass is 233 g/mol. The van der Waals surface area contributed by atoms with Crippen LogP contribution in [-0.2, 0) is 4.79 Å². The summed E-state index contributed by atoms with van der Waals surface area (Å²) in [5.41, 5.74) is 0. The second-order valence-electron chi connectivity index (χ2n) is 4.95. The van der Waals surface area contributed by atoms with Gasteiger partial charge in [0.05, 0.1) is 11.9 Å². The maximum Gasteiger partial charge on any atom is 0.230 e. The lowest BCUT2D eigenvalue weighted by molar-refractivity contribution is -0.119. The number of carbonyl (C=O) groups excluding carboxylic acids is 1. The second-order valence-corrected chi connectivity index (χ2v) is 6.76. The average Bonchev–Trinajstić information content (AvgIpc) is 1.97. The maximum absolute atomic E-state index is 11.5. The summed E-state index contributed by atoms with van der Waals surface area (Å²) in [7, 11) is 0. The van der Waals surface area contributed by atoms with Crippen LogP contribution in [0.4, 0.5) is 0 Å². The van der Waals surface area contributed by atoms with Crippen molar-refractivity contribution < 1.29 is 9.90 Å². The van der Waals surface area contributed by atoms with Gasteiger partial charge in [0.15, 0.2) is 0 Å². The number of aliphatic hydroxyl groups excluding tert-OH is 1. The molecule has 0 radical (unpaired) electrons. The van der Waals surface area contributed by atoms with Crippen LogP contribution in [0.25, 0.3) is 0 Å². The predicted octanol–water partition coefficient (Wildman–Crippen LogP) is 1.79. The standard InChI is InChI=1S/C11H23NO2S/c1-8(6-9(2)13)12-10(14)7-15-11(3,4)5/h8-9,13H,6-7H2,1-5H3,(H,12,14). The van der Waals surface area contributed by atoms with Gasteiger partial charge in [0, 0.05) is 10.8 Å². The molecule has 0 aromatic heterocycles. The van der Waals surface area contributed by atoms with E-state index in [2.05, 4.69) is 26.1 Å². The molecule has 90 valence electrons. The number of nitrogens with one attached hydrogen (secondary N) is 1. The smallest absolute Gasteiger partial charge is 0.230 e. The number of rotatable bonds is 5.